The molecule has 0 saturated carbocycles. The SMILES string of the molecule is CC(C)C(C)[C@@H]1CCCN1. The van der Waals surface area contributed by atoms with Crippen molar-refractivity contribution in [2.24, 2.45) is 11.8 Å². The third kappa shape index (κ3) is 1.72. The Labute approximate surface area is 64.2 Å². The molecule has 1 heterocycles. The molecule has 0 aromatic rings. The first-order chi connectivity index (χ1) is 4.72. The Bertz CT molecular complexity index is 92.9. The summed E-state index contributed by atoms with van der Waals surface area (Å²) >= 11 is 0. The van der Waals surface area contributed by atoms with Gasteiger partial charge in [0.25, 0.3) is 0 Å². The number of nitrogens with one attached hydrogen (secondary N) is 1. The van der Waals surface area contributed by atoms with Gasteiger partial charge in [-0.1, -0.05) is 20.8 Å². The molecule has 1 unspecified atom stereocenters. The molecule has 0 radical (unpaired) electrons. The molecule has 1 N–H and O–H groups in total. The molecular weight excluding hydrogens is 122 g/mol. The summed E-state index contributed by atoms with van der Waals surface area (Å²) in [5.41, 5.74) is 0. The molecule has 0 spiro atoms. The lowest BCUT2D eigenvalue weighted by Crippen LogP contribution is -2.31. The van der Waals surface area contributed by atoms with Crippen molar-refractivity contribution in [2.45, 2.75) is 39.7 Å². The van der Waals surface area contributed by atoms with Gasteiger partial charge in [-0.3, -0.25) is 0 Å². The van der Waals surface area contributed by atoms with Crippen molar-refractivity contribution in [3.8, 4) is 0 Å². The molecule has 0 aromatic carbocycles. The molecule has 1 heteroatoms. The van der Waals surface area contributed by atoms with E-state index in [2.05, 4.69) is 26.1 Å². The van der Waals surface area contributed by atoms with Crippen molar-refractivity contribution in [1.82, 2.24) is 5.32 Å². The first-order valence-electron chi connectivity index (χ1n) is 4.45. The second kappa shape index (κ2) is 3.38. The van der Waals surface area contributed by atoms with E-state index in [0.717, 1.165) is 17.9 Å². The molecular formula is C9H19N. The van der Waals surface area contributed by atoms with Gasteiger partial charge < -0.3 is 5.32 Å². The fraction of sp³-hybridized carbons (Fsp3) is 1.00. The summed E-state index contributed by atoms with van der Waals surface area (Å²) in [5, 5.41) is 3.54. The van der Waals surface area contributed by atoms with Crippen LogP contribution >= 0.6 is 0 Å². The molecule has 0 amide bonds. The second-order valence-electron chi connectivity index (χ2n) is 3.81. The van der Waals surface area contributed by atoms with Crippen LogP contribution in [0.1, 0.15) is 33.6 Å². The highest BCUT2D eigenvalue weighted by atomic mass is 14.9. The molecule has 0 aliphatic carbocycles. The van der Waals surface area contributed by atoms with Crippen LogP contribution < -0.4 is 5.32 Å². The second-order valence-corrected chi connectivity index (χ2v) is 3.81. The molecule has 1 fully saturated rings. The topological polar surface area (TPSA) is 12.0 Å². The minimum Gasteiger partial charge on any atom is -0.314 e. The van der Waals surface area contributed by atoms with Crippen LogP contribution in [-0.2, 0) is 0 Å². The van der Waals surface area contributed by atoms with Gasteiger partial charge in [0.1, 0.15) is 0 Å². The maximum atomic E-state index is 3.54. The lowest BCUT2D eigenvalue weighted by Gasteiger charge is -2.22. The van der Waals surface area contributed by atoms with E-state index in [9.17, 15) is 0 Å². The van der Waals surface area contributed by atoms with Crippen molar-refractivity contribution in [2.75, 3.05) is 6.54 Å². The maximum Gasteiger partial charge on any atom is 0.00956 e. The van der Waals surface area contributed by atoms with Crippen molar-refractivity contribution < 1.29 is 0 Å². The first-order valence-corrected chi connectivity index (χ1v) is 4.45. The van der Waals surface area contributed by atoms with E-state index in [1.54, 1.807) is 0 Å². The van der Waals surface area contributed by atoms with Gasteiger partial charge in [-0.25, -0.2) is 0 Å². The lowest BCUT2D eigenvalue weighted by atomic mass is 9.90. The predicted octanol–water partition coefficient (Wildman–Crippen LogP) is 2.03. The quantitative estimate of drug-likeness (QED) is 0.620. The van der Waals surface area contributed by atoms with Gasteiger partial charge >= 0.3 is 0 Å². The summed E-state index contributed by atoms with van der Waals surface area (Å²) in [6.07, 6.45) is 2.76. The standard InChI is InChI=1S/C9H19N/c1-7(2)8(3)9-5-4-6-10-9/h7-10H,4-6H2,1-3H3/t8?,9-/m0/s1. The van der Waals surface area contributed by atoms with E-state index < -0.39 is 0 Å². The first kappa shape index (κ1) is 8.06. The monoisotopic (exact) mass is 141 g/mol. The molecule has 1 aliphatic rings. The third-order valence-corrected chi connectivity index (χ3v) is 2.78. The highest BCUT2D eigenvalue weighted by Gasteiger charge is 2.22. The minimum atomic E-state index is 0.806. The average molecular weight is 141 g/mol. The van der Waals surface area contributed by atoms with E-state index in [1.165, 1.54) is 19.4 Å². The zero-order valence-electron chi connectivity index (χ0n) is 7.35. The molecule has 1 saturated heterocycles. The van der Waals surface area contributed by atoms with Crippen molar-refractivity contribution >= 4 is 0 Å². The van der Waals surface area contributed by atoms with Crippen LogP contribution in [0.3, 0.4) is 0 Å². The molecule has 1 aliphatic heterocycles. The number of hydrogen-bond donors (Lipinski definition) is 1. The van der Waals surface area contributed by atoms with Gasteiger partial charge in [-0.05, 0) is 31.2 Å². The molecule has 0 bridgehead atoms. The lowest BCUT2D eigenvalue weighted by molar-refractivity contribution is 0.324. The summed E-state index contributed by atoms with van der Waals surface area (Å²) in [6.45, 7) is 8.21. The maximum absolute atomic E-state index is 3.54. The van der Waals surface area contributed by atoms with Gasteiger partial charge in [0, 0.05) is 6.04 Å². The Hall–Kier alpha value is -0.0400. The van der Waals surface area contributed by atoms with Crippen molar-refractivity contribution in [3.63, 3.8) is 0 Å². The highest BCUT2D eigenvalue weighted by molar-refractivity contribution is 4.80. The van der Waals surface area contributed by atoms with Crippen LogP contribution in [0.2, 0.25) is 0 Å². The van der Waals surface area contributed by atoms with Gasteiger partial charge in [-0.2, -0.15) is 0 Å². The summed E-state index contributed by atoms with van der Waals surface area (Å²) in [4.78, 5) is 0. The van der Waals surface area contributed by atoms with Crippen molar-refractivity contribution in [1.29, 1.82) is 0 Å². The zero-order chi connectivity index (χ0) is 7.56. The molecule has 1 rings (SSSR count). The minimum absolute atomic E-state index is 0.806. The zero-order valence-corrected chi connectivity index (χ0v) is 7.35. The molecule has 60 valence electrons. The molecule has 0 aromatic heterocycles. The van der Waals surface area contributed by atoms with Gasteiger partial charge in [-0.15, -0.1) is 0 Å². The van der Waals surface area contributed by atoms with Crippen molar-refractivity contribution in [3.05, 3.63) is 0 Å². The summed E-state index contributed by atoms with van der Waals surface area (Å²) in [5.74, 6) is 1.68. The summed E-state index contributed by atoms with van der Waals surface area (Å²) in [7, 11) is 0. The Morgan fingerprint density at radius 3 is 2.40 bits per heavy atom. The van der Waals surface area contributed by atoms with Crippen LogP contribution in [-0.4, -0.2) is 12.6 Å². The molecule has 1 nitrogen and oxygen atoms in total. The fourth-order valence-electron chi connectivity index (χ4n) is 1.62. The van der Waals surface area contributed by atoms with Gasteiger partial charge in [0.2, 0.25) is 0 Å². The average Bonchev–Trinajstić information content (AvgIpc) is 2.36. The number of hydrogen-bond acceptors (Lipinski definition) is 1. The summed E-state index contributed by atoms with van der Waals surface area (Å²) < 4.78 is 0. The van der Waals surface area contributed by atoms with E-state index >= 15 is 0 Å². The summed E-state index contributed by atoms with van der Waals surface area (Å²) in [6, 6.07) is 0.806. The van der Waals surface area contributed by atoms with E-state index in [4.69, 9.17) is 0 Å². The van der Waals surface area contributed by atoms with Crippen LogP contribution in [0.5, 0.6) is 0 Å². The van der Waals surface area contributed by atoms with Crippen LogP contribution in [0.4, 0.5) is 0 Å². The number of rotatable bonds is 2. The molecule has 2 atom stereocenters. The Kier molecular flexibility index (Phi) is 2.72. The highest BCUT2D eigenvalue weighted by Crippen LogP contribution is 2.20. The van der Waals surface area contributed by atoms with Gasteiger partial charge in [0.15, 0.2) is 0 Å². The van der Waals surface area contributed by atoms with Crippen LogP contribution in [0.25, 0.3) is 0 Å². The van der Waals surface area contributed by atoms with Crippen LogP contribution in [0.15, 0.2) is 0 Å². The van der Waals surface area contributed by atoms with Gasteiger partial charge in [0.05, 0.1) is 0 Å². The smallest absolute Gasteiger partial charge is 0.00956 e. The molecule has 10 heavy (non-hydrogen) atoms. The largest absolute Gasteiger partial charge is 0.314 e. The van der Waals surface area contributed by atoms with Crippen LogP contribution in [0, 0.1) is 11.8 Å². The normalized spacial score (nSPS) is 29.4. The predicted molar refractivity (Wildman–Crippen MR) is 45.0 cm³/mol. The Morgan fingerprint density at radius 1 is 1.30 bits per heavy atom. The Morgan fingerprint density at radius 2 is 2.00 bits per heavy atom. The third-order valence-electron chi connectivity index (χ3n) is 2.78. The van der Waals surface area contributed by atoms with E-state index in [0.29, 0.717) is 0 Å². The fourth-order valence-corrected chi connectivity index (χ4v) is 1.62. The Balaban J connectivity index is 2.32. The van der Waals surface area contributed by atoms with E-state index in [1.807, 2.05) is 0 Å². The van der Waals surface area contributed by atoms with E-state index in [-0.39, 0.29) is 0 Å².